The largest absolute Gasteiger partial charge is 0.504 e. The normalized spacial score (nSPS) is 11.2. The second-order valence-electron chi connectivity index (χ2n) is 4.78. The summed E-state index contributed by atoms with van der Waals surface area (Å²) in [6.07, 6.45) is 6.17. The first-order chi connectivity index (χ1) is 11.2. The van der Waals surface area contributed by atoms with Crippen LogP contribution in [0.25, 0.3) is 17.0 Å². The molecule has 3 aromatic rings. The number of fused-ring (bicyclic) bond motifs is 1. The molecule has 1 aromatic carbocycles. The Hall–Kier alpha value is -3.15. The van der Waals surface area contributed by atoms with Crippen molar-refractivity contribution in [3.8, 4) is 17.2 Å². The van der Waals surface area contributed by atoms with E-state index >= 15 is 0 Å². The van der Waals surface area contributed by atoms with Crippen molar-refractivity contribution in [1.29, 1.82) is 0 Å². The van der Waals surface area contributed by atoms with Crippen LogP contribution in [-0.4, -0.2) is 30.1 Å². The molecule has 0 atom stereocenters. The van der Waals surface area contributed by atoms with E-state index in [2.05, 4.69) is 4.98 Å². The van der Waals surface area contributed by atoms with Gasteiger partial charge in [-0.05, 0) is 30.4 Å². The first-order valence-corrected chi connectivity index (χ1v) is 6.87. The minimum absolute atomic E-state index is 0.0288. The molecule has 6 heteroatoms. The van der Waals surface area contributed by atoms with Crippen LogP contribution in [0.3, 0.4) is 0 Å². The van der Waals surface area contributed by atoms with E-state index in [-0.39, 0.29) is 22.8 Å². The number of phenolic OH excluding ortho intramolecular Hbond substituents is 1. The maximum absolute atomic E-state index is 12.5. The van der Waals surface area contributed by atoms with Crippen molar-refractivity contribution in [2.45, 2.75) is 0 Å². The second-order valence-corrected chi connectivity index (χ2v) is 4.78. The van der Waals surface area contributed by atoms with Gasteiger partial charge in [0.05, 0.1) is 25.9 Å². The number of carbonyl (C=O) groups excluding carboxylic acids is 1. The minimum Gasteiger partial charge on any atom is -0.504 e. The van der Waals surface area contributed by atoms with Gasteiger partial charge in [0.15, 0.2) is 17.1 Å². The summed E-state index contributed by atoms with van der Waals surface area (Å²) in [5.74, 6) is -0.376. The summed E-state index contributed by atoms with van der Waals surface area (Å²) in [6.45, 7) is 0. The van der Waals surface area contributed by atoms with Crippen LogP contribution in [0.5, 0.6) is 17.2 Å². The van der Waals surface area contributed by atoms with Gasteiger partial charge >= 0.3 is 0 Å². The third-order valence-electron chi connectivity index (χ3n) is 3.49. The van der Waals surface area contributed by atoms with Gasteiger partial charge in [0.1, 0.15) is 11.3 Å². The minimum atomic E-state index is -0.407. The maximum atomic E-state index is 12.5. The monoisotopic (exact) mass is 313 g/mol. The van der Waals surface area contributed by atoms with Crippen molar-refractivity contribution in [3.63, 3.8) is 0 Å². The molecule has 0 unspecified atom stereocenters. The fraction of sp³-hybridized carbons (Fsp3) is 0.118. The number of hydrogen-bond donors (Lipinski definition) is 2. The number of furan rings is 1. The van der Waals surface area contributed by atoms with Crippen LogP contribution in [0.1, 0.15) is 16.1 Å². The number of allylic oxidation sites excluding steroid dienone is 1. The fourth-order valence-corrected chi connectivity index (χ4v) is 2.45. The highest BCUT2D eigenvalue weighted by atomic mass is 16.5. The van der Waals surface area contributed by atoms with Crippen molar-refractivity contribution in [2.24, 2.45) is 0 Å². The lowest BCUT2D eigenvalue weighted by molar-refractivity contribution is 0.104. The van der Waals surface area contributed by atoms with E-state index < -0.39 is 5.78 Å². The van der Waals surface area contributed by atoms with Gasteiger partial charge in [0.2, 0.25) is 5.75 Å². The molecule has 0 amide bonds. The van der Waals surface area contributed by atoms with E-state index in [1.807, 2.05) is 12.1 Å². The maximum Gasteiger partial charge on any atom is 0.205 e. The van der Waals surface area contributed by atoms with E-state index in [0.717, 1.165) is 5.69 Å². The lowest BCUT2D eigenvalue weighted by Gasteiger charge is -2.12. The fourth-order valence-electron chi connectivity index (χ4n) is 2.45. The average molecular weight is 313 g/mol. The average Bonchev–Trinajstić information content (AvgIpc) is 3.22. The number of aromatic hydroxyl groups is 1. The van der Waals surface area contributed by atoms with Crippen LogP contribution in [0.2, 0.25) is 0 Å². The third kappa shape index (κ3) is 2.44. The van der Waals surface area contributed by atoms with Gasteiger partial charge in [-0.15, -0.1) is 0 Å². The van der Waals surface area contributed by atoms with Crippen molar-refractivity contribution in [2.75, 3.05) is 14.2 Å². The van der Waals surface area contributed by atoms with Crippen molar-refractivity contribution in [1.82, 2.24) is 4.98 Å². The lowest BCUT2D eigenvalue weighted by Crippen LogP contribution is -2.02. The summed E-state index contributed by atoms with van der Waals surface area (Å²) in [5.41, 5.74) is 1.13. The zero-order valence-corrected chi connectivity index (χ0v) is 12.6. The van der Waals surface area contributed by atoms with Gasteiger partial charge < -0.3 is 24.0 Å². The zero-order valence-electron chi connectivity index (χ0n) is 12.6. The number of carbonyl (C=O) groups is 1. The third-order valence-corrected chi connectivity index (χ3v) is 3.49. The Morgan fingerprint density at radius 3 is 2.70 bits per heavy atom. The molecule has 0 saturated carbocycles. The zero-order chi connectivity index (χ0) is 16.4. The number of rotatable bonds is 5. The molecule has 0 aliphatic carbocycles. The van der Waals surface area contributed by atoms with E-state index in [1.54, 1.807) is 18.3 Å². The predicted octanol–water partition coefficient (Wildman–Crippen LogP) is 3.38. The molecule has 0 aliphatic rings. The van der Waals surface area contributed by atoms with E-state index in [9.17, 15) is 9.90 Å². The van der Waals surface area contributed by atoms with Gasteiger partial charge in [-0.2, -0.15) is 0 Å². The molecule has 2 aromatic heterocycles. The molecule has 2 heterocycles. The van der Waals surface area contributed by atoms with Gasteiger partial charge in [-0.3, -0.25) is 4.79 Å². The number of aromatic nitrogens is 1. The standard InChI is InChI=1S/C17H15NO5/c1-21-15-11-7-9-23-16(11)17(22-2)14(20)13(15)12(19)6-5-10-4-3-8-18-10/h3-9,18,20H,1-2H3. The highest BCUT2D eigenvalue weighted by molar-refractivity contribution is 6.15. The molecule has 2 N–H and O–H groups in total. The van der Waals surface area contributed by atoms with Crippen LogP contribution < -0.4 is 9.47 Å². The van der Waals surface area contributed by atoms with Crippen LogP contribution in [0, 0.1) is 0 Å². The number of H-pyrrole nitrogens is 1. The van der Waals surface area contributed by atoms with Gasteiger partial charge in [-0.1, -0.05) is 0 Å². The second kappa shape index (κ2) is 5.92. The SMILES string of the molecule is COc1c(C(=O)C=Cc2ccc[nH]2)c(O)c(OC)c2occc12. The van der Waals surface area contributed by atoms with E-state index in [4.69, 9.17) is 13.9 Å². The van der Waals surface area contributed by atoms with E-state index in [1.165, 1.54) is 26.6 Å². The molecular formula is C17H15NO5. The molecular weight excluding hydrogens is 298 g/mol. The van der Waals surface area contributed by atoms with E-state index in [0.29, 0.717) is 11.0 Å². The van der Waals surface area contributed by atoms with Crippen molar-refractivity contribution >= 4 is 22.8 Å². The Balaban J connectivity index is 2.15. The number of hydrogen-bond acceptors (Lipinski definition) is 5. The number of aromatic amines is 1. The number of ether oxygens (including phenoxy) is 2. The Bertz CT molecular complexity index is 874. The van der Waals surface area contributed by atoms with Crippen LogP contribution in [0.4, 0.5) is 0 Å². The highest BCUT2D eigenvalue weighted by Crippen LogP contribution is 2.45. The van der Waals surface area contributed by atoms with Gasteiger partial charge in [0, 0.05) is 11.9 Å². The smallest absolute Gasteiger partial charge is 0.205 e. The van der Waals surface area contributed by atoms with Crippen LogP contribution >= 0.6 is 0 Å². The predicted molar refractivity (Wildman–Crippen MR) is 85.1 cm³/mol. The Labute approximate surface area is 131 Å². The summed E-state index contributed by atoms with van der Waals surface area (Å²) in [4.78, 5) is 15.5. The highest BCUT2D eigenvalue weighted by Gasteiger charge is 2.26. The Morgan fingerprint density at radius 2 is 2.04 bits per heavy atom. The molecule has 3 rings (SSSR count). The summed E-state index contributed by atoms with van der Waals surface area (Å²) in [5, 5.41) is 11.0. The molecule has 23 heavy (non-hydrogen) atoms. The molecule has 0 radical (unpaired) electrons. The number of phenols is 1. The number of benzene rings is 1. The molecule has 0 spiro atoms. The number of nitrogens with one attached hydrogen (secondary N) is 1. The Kier molecular flexibility index (Phi) is 3.80. The number of ketones is 1. The molecule has 0 saturated heterocycles. The topological polar surface area (TPSA) is 84.7 Å². The molecule has 0 fully saturated rings. The Morgan fingerprint density at radius 1 is 1.26 bits per heavy atom. The van der Waals surface area contributed by atoms with Crippen molar-refractivity contribution < 1.29 is 23.8 Å². The van der Waals surface area contributed by atoms with Crippen molar-refractivity contribution in [3.05, 3.63) is 48.0 Å². The summed E-state index contributed by atoms with van der Waals surface area (Å²) in [7, 11) is 2.83. The molecule has 0 aliphatic heterocycles. The first kappa shape index (κ1) is 14.8. The lowest BCUT2D eigenvalue weighted by atomic mass is 10.0. The molecule has 118 valence electrons. The van der Waals surface area contributed by atoms with Crippen LogP contribution in [0.15, 0.2) is 41.2 Å². The molecule has 0 bridgehead atoms. The molecule has 6 nitrogen and oxygen atoms in total. The van der Waals surface area contributed by atoms with Gasteiger partial charge in [-0.25, -0.2) is 0 Å². The summed E-state index contributed by atoms with van der Waals surface area (Å²) in [6, 6.07) is 5.30. The summed E-state index contributed by atoms with van der Waals surface area (Å²) >= 11 is 0. The first-order valence-electron chi connectivity index (χ1n) is 6.87. The quantitative estimate of drug-likeness (QED) is 0.557. The summed E-state index contributed by atoms with van der Waals surface area (Å²) < 4.78 is 15.8. The number of methoxy groups -OCH3 is 2. The van der Waals surface area contributed by atoms with Crippen LogP contribution in [-0.2, 0) is 0 Å². The van der Waals surface area contributed by atoms with Gasteiger partial charge in [0.25, 0.3) is 0 Å².